The second kappa shape index (κ2) is 7.54. The van der Waals surface area contributed by atoms with Crippen LogP contribution in [0.2, 0.25) is 0 Å². The molecule has 0 aromatic heterocycles. The van der Waals surface area contributed by atoms with Gasteiger partial charge >= 0.3 is 0 Å². The summed E-state index contributed by atoms with van der Waals surface area (Å²) in [4.78, 5) is 19.5. The van der Waals surface area contributed by atoms with Crippen molar-refractivity contribution in [2.45, 2.75) is 20.7 Å². The number of hydrogen-bond acceptors (Lipinski definition) is 4. The quantitative estimate of drug-likeness (QED) is 0.269. The Balaban J connectivity index is 3.60. The van der Waals surface area contributed by atoms with E-state index in [0.29, 0.717) is 12.8 Å². The predicted octanol–water partition coefficient (Wildman–Crippen LogP) is 1.93. The predicted molar refractivity (Wildman–Crippen MR) is 68.6 cm³/mol. The van der Waals surface area contributed by atoms with Crippen molar-refractivity contribution in [3.05, 3.63) is 20.2 Å². The molecular weight excluding hydrogens is 418 g/mol. The van der Waals surface area contributed by atoms with Gasteiger partial charge in [0.25, 0.3) is 0 Å². The third-order valence-corrected chi connectivity index (χ3v) is 3.52. The summed E-state index contributed by atoms with van der Waals surface area (Å²) in [7, 11) is 0. The van der Waals surface area contributed by atoms with Gasteiger partial charge < -0.3 is 0 Å². The highest BCUT2D eigenvalue weighted by Gasteiger charge is 2.16. The van der Waals surface area contributed by atoms with E-state index in [0.717, 1.165) is 0 Å². The Morgan fingerprint density at radius 1 is 0.929 bits per heavy atom. The van der Waals surface area contributed by atoms with E-state index in [9.17, 15) is 20.2 Å². The van der Waals surface area contributed by atoms with Crippen LogP contribution in [0.5, 0.6) is 0 Å². The van der Waals surface area contributed by atoms with E-state index in [1.807, 2.05) is 45.2 Å². The molecule has 0 rings (SSSR count). The molecule has 0 aliphatic rings. The first-order valence-corrected chi connectivity index (χ1v) is 6.42. The summed E-state index contributed by atoms with van der Waals surface area (Å²) in [6, 6.07) is 0. The van der Waals surface area contributed by atoms with Crippen molar-refractivity contribution >= 4 is 45.2 Å². The van der Waals surface area contributed by atoms with Gasteiger partial charge in [-0.05, 0) is 12.8 Å². The fourth-order valence-corrected chi connectivity index (χ4v) is 2.23. The molecule has 0 aromatic carbocycles. The van der Waals surface area contributed by atoms with Crippen molar-refractivity contribution < 1.29 is 9.85 Å². The maximum atomic E-state index is 10.1. The second-order valence-corrected chi connectivity index (χ2v) is 6.33. The molecule has 0 aromatic rings. The molecule has 0 heterocycles. The van der Waals surface area contributed by atoms with Crippen molar-refractivity contribution in [3.8, 4) is 0 Å². The number of alkyl halides is 2. The smallest absolute Gasteiger partial charge is 0.215 e. The van der Waals surface area contributed by atoms with Crippen LogP contribution in [0.15, 0.2) is 0 Å². The highest BCUT2D eigenvalue weighted by atomic mass is 127. The van der Waals surface area contributed by atoms with E-state index in [1.54, 1.807) is 0 Å². The fraction of sp³-hybridized carbons (Fsp3) is 1.00. The molecule has 0 spiro atoms. The summed E-state index contributed by atoms with van der Waals surface area (Å²) in [6.45, 7) is -0.134. The standard InChI is InChI=1S/C6H10I2N2O4/c7-5(3-9(11)12)1-2-6(8)4-10(13)14/h5-6H,1-4H2. The molecule has 6 nitrogen and oxygen atoms in total. The largest absolute Gasteiger partial charge is 0.265 e. The average molecular weight is 428 g/mol. The molecule has 0 aliphatic carbocycles. The van der Waals surface area contributed by atoms with Gasteiger partial charge in [0.05, 0.1) is 7.85 Å². The Kier molecular flexibility index (Phi) is 7.68. The molecule has 0 aliphatic heterocycles. The molecule has 2 atom stereocenters. The molecule has 2 unspecified atom stereocenters. The summed E-state index contributed by atoms with van der Waals surface area (Å²) in [6.07, 6.45) is 1.31. The van der Waals surface area contributed by atoms with Crippen molar-refractivity contribution in [1.82, 2.24) is 0 Å². The van der Waals surface area contributed by atoms with Gasteiger partial charge in [-0.2, -0.15) is 0 Å². The average Bonchev–Trinajstić information content (AvgIpc) is 1.98. The molecule has 0 N–H and O–H groups in total. The lowest BCUT2D eigenvalue weighted by atomic mass is 10.2. The van der Waals surface area contributed by atoms with Gasteiger partial charge in [-0.3, -0.25) is 20.2 Å². The molecule has 82 valence electrons. The lowest BCUT2D eigenvalue weighted by Gasteiger charge is -2.07. The molecule has 0 fully saturated rings. The zero-order valence-corrected chi connectivity index (χ0v) is 11.6. The van der Waals surface area contributed by atoms with Crippen LogP contribution in [0.4, 0.5) is 0 Å². The van der Waals surface area contributed by atoms with Crippen LogP contribution < -0.4 is 0 Å². The Labute approximate surface area is 108 Å². The number of hydrogen-bond donors (Lipinski definition) is 0. The molecule has 8 heteroatoms. The molecule has 0 saturated heterocycles. The Morgan fingerprint density at radius 3 is 1.43 bits per heavy atom. The summed E-state index contributed by atoms with van der Waals surface area (Å²) in [5.74, 6) is 0. The normalized spacial score (nSPS) is 14.7. The van der Waals surface area contributed by atoms with E-state index < -0.39 is 0 Å². The second-order valence-electron chi connectivity index (χ2n) is 2.80. The molecule has 0 saturated carbocycles. The fourth-order valence-electron chi connectivity index (χ4n) is 0.868. The summed E-state index contributed by atoms with van der Waals surface area (Å²) in [5.41, 5.74) is 0. The van der Waals surface area contributed by atoms with Gasteiger partial charge in [0.1, 0.15) is 0 Å². The molecule has 14 heavy (non-hydrogen) atoms. The zero-order chi connectivity index (χ0) is 11.1. The Hall–Kier alpha value is 0.260. The van der Waals surface area contributed by atoms with E-state index in [4.69, 9.17) is 0 Å². The minimum Gasteiger partial charge on any atom is -0.265 e. The van der Waals surface area contributed by atoms with Crippen molar-refractivity contribution in [2.24, 2.45) is 0 Å². The minimum absolute atomic E-state index is 0.0355. The number of nitrogens with zero attached hydrogens (tertiary/aromatic N) is 2. The van der Waals surface area contributed by atoms with E-state index in [-0.39, 0.29) is 30.8 Å². The van der Waals surface area contributed by atoms with Crippen LogP contribution in [0.25, 0.3) is 0 Å². The van der Waals surface area contributed by atoms with Gasteiger partial charge in [0.2, 0.25) is 13.1 Å². The van der Waals surface area contributed by atoms with Crippen LogP contribution in [0.1, 0.15) is 12.8 Å². The molecular formula is C6H10I2N2O4. The summed E-state index contributed by atoms with van der Waals surface area (Å²) < 4.78 is -0.0711. The van der Waals surface area contributed by atoms with E-state index in [2.05, 4.69) is 0 Å². The zero-order valence-electron chi connectivity index (χ0n) is 7.27. The lowest BCUT2D eigenvalue weighted by Crippen LogP contribution is -2.18. The van der Waals surface area contributed by atoms with Crippen molar-refractivity contribution in [2.75, 3.05) is 13.1 Å². The Morgan fingerprint density at radius 2 is 1.21 bits per heavy atom. The number of halogens is 2. The van der Waals surface area contributed by atoms with Gasteiger partial charge in [0.15, 0.2) is 0 Å². The number of rotatable bonds is 7. The summed E-state index contributed by atoms with van der Waals surface area (Å²) in [5, 5.41) is 20.2. The highest BCUT2D eigenvalue weighted by Crippen LogP contribution is 2.15. The highest BCUT2D eigenvalue weighted by molar-refractivity contribution is 14.1. The summed E-state index contributed by atoms with van der Waals surface area (Å²) >= 11 is 4.02. The first kappa shape index (κ1) is 14.3. The SMILES string of the molecule is O=[N+]([O-])CC(I)CCC(I)C[N+](=O)[O-]. The van der Waals surface area contributed by atoms with Crippen LogP contribution in [-0.4, -0.2) is 30.8 Å². The molecule has 0 bridgehead atoms. The monoisotopic (exact) mass is 428 g/mol. The maximum Gasteiger partial charge on any atom is 0.215 e. The van der Waals surface area contributed by atoms with Crippen molar-refractivity contribution in [3.63, 3.8) is 0 Å². The van der Waals surface area contributed by atoms with Gasteiger partial charge in [-0.1, -0.05) is 45.2 Å². The van der Waals surface area contributed by atoms with Crippen LogP contribution >= 0.6 is 45.2 Å². The minimum atomic E-state index is -0.354. The van der Waals surface area contributed by atoms with Crippen LogP contribution in [-0.2, 0) is 0 Å². The third-order valence-electron chi connectivity index (χ3n) is 1.49. The van der Waals surface area contributed by atoms with Crippen LogP contribution in [0.3, 0.4) is 0 Å². The van der Waals surface area contributed by atoms with Gasteiger partial charge in [-0.15, -0.1) is 0 Å². The van der Waals surface area contributed by atoms with Crippen LogP contribution in [0, 0.1) is 20.2 Å². The topological polar surface area (TPSA) is 86.3 Å². The van der Waals surface area contributed by atoms with Gasteiger partial charge in [-0.25, -0.2) is 0 Å². The van der Waals surface area contributed by atoms with Crippen molar-refractivity contribution in [1.29, 1.82) is 0 Å². The first-order chi connectivity index (χ1) is 6.41. The van der Waals surface area contributed by atoms with Gasteiger partial charge in [0, 0.05) is 9.85 Å². The maximum absolute atomic E-state index is 10.1. The third kappa shape index (κ3) is 8.84. The molecule has 0 amide bonds. The van der Waals surface area contributed by atoms with E-state index >= 15 is 0 Å². The number of nitro groups is 2. The molecule has 0 radical (unpaired) electrons. The lowest BCUT2D eigenvalue weighted by molar-refractivity contribution is -0.480. The van der Waals surface area contributed by atoms with E-state index in [1.165, 1.54) is 0 Å². The first-order valence-electron chi connectivity index (χ1n) is 3.93. The Bertz CT molecular complexity index is 192.